The molecule has 184 valence electrons. The van der Waals surface area contributed by atoms with Crippen molar-refractivity contribution in [3.05, 3.63) is 88.6 Å². The van der Waals surface area contributed by atoms with Crippen LogP contribution in [-0.4, -0.2) is 29.9 Å². The molecule has 0 aromatic heterocycles. The number of thioether (sulfide) groups is 1. The summed E-state index contributed by atoms with van der Waals surface area (Å²) < 4.78 is 24.7. The maximum atomic E-state index is 13.3. The van der Waals surface area contributed by atoms with Crippen LogP contribution in [0.25, 0.3) is 6.08 Å². The Hall–Kier alpha value is -3.69. The van der Waals surface area contributed by atoms with Crippen LogP contribution in [0.1, 0.15) is 18.1 Å². The van der Waals surface area contributed by atoms with Gasteiger partial charge in [-0.2, -0.15) is 0 Å². The molecule has 3 aromatic rings. The molecule has 0 aliphatic carbocycles. The topological polar surface area (TPSA) is 67.9 Å². The first-order chi connectivity index (χ1) is 17.4. The molecule has 0 atom stereocenters. The van der Waals surface area contributed by atoms with Crippen molar-refractivity contribution in [2.24, 2.45) is 0 Å². The number of nitrogens with one attached hydrogen (secondary N) is 1. The summed E-state index contributed by atoms with van der Waals surface area (Å²) in [5, 5.41) is 2.80. The van der Waals surface area contributed by atoms with Crippen molar-refractivity contribution in [1.82, 2.24) is 0 Å². The van der Waals surface area contributed by atoms with Crippen molar-refractivity contribution in [2.45, 2.75) is 13.3 Å². The number of hydrogen-bond acceptors (Lipinski definition) is 6. The van der Waals surface area contributed by atoms with E-state index in [9.17, 15) is 14.0 Å². The number of carbonyl (C=O) groups is 2. The molecule has 3 aromatic carbocycles. The van der Waals surface area contributed by atoms with Gasteiger partial charge in [-0.05, 0) is 72.2 Å². The number of halogens is 1. The molecule has 0 radical (unpaired) electrons. The molecule has 1 heterocycles. The summed E-state index contributed by atoms with van der Waals surface area (Å²) >= 11 is 6.52. The molecule has 0 spiro atoms. The molecule has 1 fully saturated rings. The van der Waals surface area contributed by atoms with Gasteiger partial charge in [0, 0.05) is 5.69 Å². The van der Waals surface area contributed by atoms with E-state index in [-0.39, 0.29) is 18.4 Å². The monoisotopic (exact) mass is 522 g/mol. The Morgan fingerprint density at radius 3 is 2.47 bits per heavy atom. The maximum Gasteiger partial charge on any atom is 0.270 e. The van der Waals surface area contributed by atoms with Gasteiger partial charge in [-0.1, -0.05) is 49.1 Å². The van der Waals surface area contributed by atoms with Crippen molar-refractivity contribution in [3.63, 3.8) is 0 Å². The van der Waals surface area contributed by atoms with Gasteiger partial charge in [0.05, 0.1) is 17.7 Å². The summed E-state index contributed by atoms with van der Waals surface area (Å²) in [6.45, 7) is 1.88. The maximum absolute atomic E-state index is 13.3. The predicted molar refractivity (Wildman–Crippen MR) is 145 cm³/mol. The van der Waals surface area contributed by atoms with Gasteiger partial charge in [-0.3, -0.25) is 14.5 Å². The van der Waals surface area contributed by atoms with E-state index in [4.69, 9.17) is 21.7 Å². The number of anilines is 2. The summed E-state index contributed by atoms with van der Waals surface area (Å²) in [5.41, 5.74) is 3.08. The Labute approximate surface area is 218 Å². The second kappa shape index (κ2) is 11.4. The van der Waals surface area contributed by atoms with Crippen molar-refractivity contribution in [2.75, 3.05) is 23.9 Å². The van der Waals surface area contributed by atoms with E-state index in [0.717, 1.165) is 18.2 Å². The summed E-state index contributed by atoms with van der Waals surface area (Å²) in [7, 11) is 1.50. The average molecular weight is 523 g/mol. The van der Waals surface area contributed by atoms with E-state index in [2.05, 4.69) is 12.2 Å². The van der Waals surface area contributed by atoms with Crippen molar-refractivity contribution >= 4 is 57.6 Å². The minimum absolute atomic E-state index is 0.193. The molecule has 1 aliphatic heterocycles. The molecule has 0 bridgehead atoms. The number of ether oxygens (including phenoxy) is 2. The van der Waals surface area contributed by atoms with E-state index in [1.54, 1.807) is 24.3 Å². The highest BCUT2D eigenvalue weighted by Crippen LogP contribution is 2.37. The lowest BCUT2D eigenvalue weighted by atomic mass is 10.1. The highest BCUT2D eigenvalue weighted by molar-refractivity contribution is 8.27. The number of amides is 2. The molecular weight excluding hydrogens is 499 g/mol. The molecule has 1 N–H and O–H groups in total. The van der Waals surface area contributed by atoms with Gasteiger partial charge in [0.1, 0.15) is 5.82 Å². The number of methoxy groups -OCH3 is 1. The van der Waals surface area contributed by atoms with Gasteiger partial charge in [0.2, 0.25) is 0 Å². The highest BCUT2D eigenvalue weighted by atomic mass is 32.2. The number of benzene rings is 3. The minimum Gasteiger partial charge on any atom is -0.493 e. The number of aryl methyl sites for hydroxylation is 1. The average Bonchev–Trinajstić information content (AvgIpc) is 3.16. The van der Waals surface area contributed by atoms with E-state index < -0.39 is 5.82 Å². The van der Waals surface area contributed by atoms with Crippen LogP contribution in [0.3, 0.4) is 0 Å². The third-order valence-electron chi connectivity index (χ3n) is 5.37. The number of carbonyl (C=O) groups excluding carboxylic acids is 2. The lowest BCUT2D eigenvalue weighted by Crippen LogP contribution is -2.27. The summed E-state index contributed by atoms with van der Waals surface area (Å²) in [4.78, 5) is 27.0. The van der Waals surface area contributed by atoms with E-state index >= 15 is 0 Å². The van der Waals surface area contributed by atoms with Crippen molar-refractivity contribution < 1.29 is 23.5 Å². The first-order valence-corrected chi connectivity index (χ1v) is 12.3. The Kier molecular flexibility index (Phi) is 8.02. The Morgan fingerprint density at radius 1 is 1.08 bits per heavy atom. The summed E-state index contributed by atoms with van der Waals surface area (Å²) in [5.74, 6) is -0.172. The Morgan fingerprint density at radius 2 is 1.81 bits per heavy atom. The fraction of sp³-hybridized carbons (Fsp3) is 0.148. The molecule has 1 saturated heterocycles. The standard InChI is InChI=1S/C27H23FN2O4S2/c1-3-17-4-9-20(10-5-17)29-25(31)16-34-22-13-6-18(14-23(22)33-2)15-24-26(32)30(27(35)36-24)21-11-7-19(28)8-12-21/h4-15H,3,16H2,1-2H3,(H,29,31)/b24-15-. The third kappa shape index (κ3) is 5.92. The van der Waals surface area contributed by atoms with Gasteiger partial charge in [-0.15, -0.1) is 0 Å². The van der Waals surface area contributed by atoms with E-state index in [0.29, 0.717) is 37.7 Å². The highest BCUT2D eigenvalue weighted by Gasteiger charge is 2.33. The van der Waals surface area contributed by atoms with Crippen molar-refractivity contribution in [3.8, 4) is 11.5 Å². The molecule has 2 amide bonds. The fourth-order valence-electron chi connectivity index (χ4n) is 3.49. The van der Waals surface area contributed by atoms with Gasteiger partial charge in [0.15, 0.2) is 22.4 Å². The smallest absolute Gasteiger partial charge is 0.270 e. The zero-order chi connectivity index (χ0) is 25.7. The second-order valence-electron chi connectivity index (χ2n) is 7.79. The predicted octanol–water partition coefficient (Wildman–Crippen LogP) is 5.82. The van der Waals surface area contributed by atoms with Crippen LogP contribution >= 0.6 is 24.0 Å². The molecule has 0 unspecified atom stereocenters. The molecule has 6 nitrogen and oxygen atoms in total. The summed E-state index contributed by atoms with van der Waals surface area (Å²) in [6.07, 6.45) is 2.62. The van der Waals surface area contributed by atoms with Crippen LogP contribution in [-0.2, 0) is 16.0 Å². The number of rotatable bonds is 8. The number of hydrogen-bond donors (Lipinski definition) is 1. The van der Waals surface area contributed by atoms with Gasteiger partial charge in [-0.25, -0.2) is 4.39 Å². The third-order valence-corrected chi connectivity index (χ3v) is 6.67. The van der Waals surface area contributed by atoms with Crippen molar-refractivity contribution in [1.29, 1.82) is 0 Å². The molecule has 9 heteroatoms. The van der Waals surface area contributed by atoms with E-state index in [1.165, 1.54) is 41.8 Å². The minimum atomic E-state index is -0.391. The Balaban J connectivity index is 1.43. The number of thiocarbonyl (C=S) groups is 1. The molecule has 36 heavy (non-hydrogen) atoms. The lowest BCUT2D eigenvalue weighted by Gasteiger charge is -2.14. The fourth-order valence-corrected chi connectivity index (χ4v) is 4.79. The SMILES string of the molecule is CCc1ccc(NC(=O)COc2ccc(/C=C3\SC(=S)N(c4ccc(F)cc4)C3=O)cc2OC)cc1. The van der Waals surface area contributed by atoms with Crippen LogP contribution < -0.4 is 19.7 Å². The van der Waals surface area contributed by atoms with Crippen LogP contribution in [0.4, 0.5) is 15.8 Å². The molecule has 1 aliphatic rings. The zero-order valence-electron chi connectivity index (χ0n) is 19.6. The first kappa shape index (κ1) is 25.4. The van der Waals surface area contributed by atoms with Crippen LogP contribution in [0, 0.1) is 5.82 Å². The first-order valence-electron chi connectivity index (χ1n) is 11.1. The molecule has 0 saturated carbocycles. The van der Waals surface area contributed by atoms with Gasteiger partial charge < -0.3 is 14.8 Å². The van der Waals surface area contributed by atoms with E-state index in [1.807, 2.05) is 24.3 Å². The van der Waals surface area contributed by atoms with Gasteiger partial charge >= 0.3 is 0 Å². The normalized spacial score (nSPS) is 14.3. The van der Waals surface area contributed by atoms with Crippen LogP contribution in [0.2, 0.25) is 0 Å². The second-order valence-corrected chi connectivity index (χ2v) is 9.47. The van der Waals surface area contributed by atoms with Crippen LogP contribution in [0.5, 0.6) is 11.5 Å². The van der Waals surface area contributed by atoms with Gasteiger partial charge in [0.25, 0.3) is 11.8 Å². The lowest BCUT2D eigenvalue weighted by molar-refractivity contribution is -0.118. The number of nitrogens with zero attached hydrogens (tertiary/aromatic N) is 1. The molecule has 4 rings (SSSR count). The van der Waals surface area contributed by atoms with Crippen LogP contribution in [0.15, 0.2) is 71.6 Å². The summed E-state index contributed by atoms with van der Waals surface area (Å²) in [6, 6.07) is 18.3. The largest absolute Gasteiger partial charge is 0.493 e. The molecular formula is C27H23FN2O4S2. The quantitative estimate of drug-likeness (QED) is 0.297. The Bertz CT molecular complexity index is 1320. The zero-order valence-corrected chi connectivity index (χ0v) is 21.3.